The highest BCUT2D eigenvalue weighted by molar-refractivity contribution is 9.10. The second-order valence-corrected chi connectivity index (χ2v) is 5.81. The van der Waals surface area contributed by atoms with Gasteiger partial charge in [-0.2, -0.15) is 0 Å². The van der Waals surface area contributed by atoms with E-state index in [4.69, 9.17) is 0 Å². The Bertz CT molecular complexity index is 312. The Balaban J connectivity index is 2.53. The molecule has 0 aliphatic carbocycles. The van der Waals surface area contributed by atoms with E-state index in [9.17, 15) is 4.39 Å². The molecule has 84 valence electrons. The van der Waals surface area contributed by atoms with Gasteiger partial charge in [0.25, 0.3) is 0 Å². The molecule has 0 heterocycles. The molecule has 0 aliphatic rings. The lowest BCUT2D eigenvalue weighted by atomic mass is 10.1. The third-order valence-electron chi connectivity index (χ3n) is 2.34. The van der Waals surface area contributed by atoms with Crippen molar-refractivity contribution in [1.82, 2.24) is 0 Å². The molecule has 0 amide bonds. The Morgan fingerprint density at radius 1 is 1.33 bits per heavy atom. The smallest absolute Gasteiger partial charge is 0.123 e. The molecule has 0 spiro atoms. The quantitative estimate of drug-likeness (QED) is 0.657. The Kier molecular flexibility index (Phi) is 5.83. The van der Waals surface area contributed by atoms with Crippen LogP contribution in [-0.2, 0) is 6.42 Å². The molecule has 1 rings (SSSR count). The van der Waals surface area contributed by atoms with Crippen molar-refractivity contribution in [3.8, 4) is 0 Å². The minimum atomic E-state index is -0.158. The van der Waals surface area contributed by atoms with Crippen molar-refractivity contribution < 1.29 is 4.39 Å². The van der Waals surface area contributed by atoms with Crippen LogP contribution in [0.15, 0.2) is 22.7 Å². The topological polar surface area (TPSA) is 0 Å². The van der Waals surface area contributed by atoms with Crippen molar-refractivity contribution in [3.05, 3.63) is 34.1 Å². The number of alkyl halides is 1. The van der Waals surface area contributed by atoms with E-state index in [1.165, 1.54) is 18.9 Å². The molecule has 0 saturated carbocycles. The van der Waals surface area contributed by atoms with Gasteiger partial charge in [0.05, 0.1) is 0 Å². The molecule has 0 fully saturated rings. The molecule has 0 bridgehead atoms. The predicted molar refractivity (Wildman–Crippen MR) is 70.0 cm³/mol. The maximum absolute atomic E-state index is 13.0. The molecule has 1 unspecified atom stereocenters. The summed E-state index contributed by atoms with van der Waals surface area (Å²) >= 11 is 7.07. The standard InChI is InChI=1S/C12H15Br2F/c1-2-3-10(13)5-4-9-8-11(15)6-7-12(9)14/h6-8,10H,2-5H2,1H3. The average Bonchev–Trinajstić information content (AvgIpc) is 2.20. The molecule has 1 aromatic carbocycles. The zero-order chi connectivity index (χ0) is 11.3. The summed E-state index contributed by atoms with van der Waals surface area (Å²) in [5, 5.41) is 0. The number of benzene rings is 1. The minimum Gasteiger partial charge on any atom is -0.207 e. The van der Waals surface area contributed by atoms with E-state index in [2.05, 4.69) is 38.8 Å². The van der Waals surface area contributed by atoms with Crippen LogP contribution in [0.3, 0.4) is 0 Å². The SMILES string of the molecule is CCCC(Br)CCc1cc(F)ccc1Br. The fraction of sp³-hybridized carbons (Fsp3) is 0.500. The van der Waals surface area contributed by atoms with Gasteiger partial charge < -0.3 is 0 Å². The lowest BCUT2D eigenvalue weighted by molar-refractivity contribution is 0.622. The van der Waals surface area contributed by atoms with Crippen LogP contribution in [-0.4, -0.2) is 4.83 Å². The summed E-state index contributed by atoms with van der Waals surface area (Å²) in [6, 6.07) is 4.86. The van der Waals surface area contributed by atoms with Gasteiger partial charge in [-0.05, 0) is 43.0 Å². The third-order valence-corrected chi connectivity index (χ3v) is 4.03. The molecular formula is C12H15Br2F. The molecule has 0 radical (unpaired) electrons. The van der Waals surface area contributed by atoms with Gasteiger partial charge in [-0.1, -0.05) is 45.2 Å². The molecule has 1 aromatic rings. The van der Waals surface area contributed by atoms with Crippen molar-refractivity contribution >= 4 is 31.9 Å². The van der Waals surface area contributed by atoms with Gasteiger partial charge in [0.15, 0.2) is 0 Å². The first-order valence-electron chi connectivity index (χ1n) is 5.21. The first-order chi connectivity index (χ1) is 7.13. The van der Waals surface area contributed by atoms with Gasteiger partial charge in [0.1, 0.15) is 5.82 Å². The van der Waals surface area contributed by atoms with Crippen molar-refractivity contribution in [2.45, 2.75) is 37.4 Å². The molecule has 0 N–H and O–H groups in total. The van der Waals surface area contributed by atoms with Crippen LogP contribution in [0.4, 0.5) is 4.39 Å². The molecular weight excluding hydrogens is 323 g/mol. The zero-order valence-electron chi connectivity index (χ0n) is 8.77. The van der Waals surface area contributed by atoms with E-state index >= 15 is 0 Å². The predicted octanol–water partition coefficient (Wildman–Crippen LogP) is 5.08. The number of hydrogen-bond donors (Lipinski definition) is 0. The van der Waals surface area contributed by atoms with Crippen molar-refractivity contribution in [2.75, 3.05) is 0 Å². The van der Waals surface area contributed by atoms with Crippen LogP contribution in [0.25, 0.3) is 0 Å². The highest BCUT2D eigenvalue weighted by Gasteiger charge is 2.06. The Morgan fingerprint density at radius 3 is 2.73 bits per heavy atom. The van der Waals surface area contributed by atoms with E-state index < -0.39 is 0 Å². The number of hydrogen-bond acceptors (Lipinski definition) is 0. The summed E-state index contributed by atoms with van der Waals surface area (Å²) in [4.78, 5) is 0.540. The number of halogens is 3. The van der Waals surface area contributed by atoms with Crippen LogP contribution in [0.2, 0.25) is 0 Å². The molecule has 0 nitrogen and oxygen atoms in total. The number of rotatable bonds is 5. The zero-order valence-corrected chi connectivity index (χ0v) is 11.9. The molecule has 0 saturated heterocycles. The summed E-state index contributed by atoms with van der Waals surface area (Å²) < 4.78 is 14.0. The van der Waals surface area contributed by atoms with Crippen molar-refractivity contribution in [3.63, 3.8) is 0 Å². The first kappa shape index (κ1) is 13.2. The third kappa shape index (κ3) is 4.64. The number of aryl methyl sites for hydroxylation is 1. The molecule has 0 aliphatic heterocycles. The van der Waals surface area contributed by atoms with E-state index in [-0.39, 0.29) is 5.82 Å². The lowest BCUT2D eigenvalue weighted by Crippen LogP contribution is -2.00. The van der Waals surface area contributed by atoms with Crippen molar-refractivity contribution in [1.29, 1.82) is 0 Å². The second kappa shape index (κ2) is 6.64. The van der Waals surface area contributed by atoms with Crippen LogP contribution >= 0.6 is 31.9 Å². The Morgan fingerprint density at radius 2 is 2.07 bits per heavy atom. The van der Waals surface area contributed by atoms with E-state index in [1.54, 1.807) is 12.1 Å². The van der Waals surface area contributed by atoms with Crippen molar-refractivity contribution in [2.24, 2.45) is 0 Å². The maximum Gasteiger partial charge on any atom is 0.123 e. The van der Waals surface area contributed by atoms with E-state index in [0.29, 0.717) is 4.83 Å². The largest absolute Gasteiger partial charge is 0.207 e. The average molecular weight is 338 g/mol. The molecule has 15 heavy (non-hydrogen) atoms. The van der Waals surface area contributed by atoms with E-state index in [1.807, 2.05) is 0 Å². The fourth-order valence-electron chi connectivity index (χ4n) is 1.50. The highest BCUT2D eigenvalue weighted by atomic mass is 79.9. The summed E-state index contributed by atoms with van der Waals surface area (Å²) in [7, 11) is 0. The summed E-state index contributed by atoms with van der Waals surface area (Å²) in [6.07, 6.45) is 4.32. The van der Waals surface area contributed by atoms with Gasteiger partial charge in [-0.15, -0.1) is 0 Å². The molecule has 1 atom stereocenters. The Hall–Kier alpha value is 0.110. The van der Waals surface area contributed by atoms with Gasteiger partial charge >= 0.3 is 0 Å². The van der Waals surface area contributed by atoms with Crippen LogP contribution < -0.4 is 0 Å². The fourth-order valence-corrected chi connectivity index (χ4v) is 2.64. The maximum atomic E-state index is 13.0. The van der Waals surface area contributed by atoms with Gasteiger partial charge in [0.2, 0.25) is 0 Å². The minimum absolute atomic E-state index is 0.158. The van der Waals surface area contributed by atoms with Crippen LogP contribution in [0.5, 0.6) is 0 Å². The van der Waals surface area contributed by atoms with Gasteiger partial charge in [0, 0.05) is 9.30 Å². The van der Waals surface area contributed by atoms with Gasteiger partial charge in [-0.3, -0.25) is 0 Å². The monoisotopic (exact) mass is 336 g/mol. The molecule has 3 heteroatoms. The van der Waals surface area contributed by atoms with E-state index in [0.717, 1.165) is 22.9 Å². The van der Waals surface area contributed by atoms with Crippen LogP contribution in [0.1, 0.15) is 31.7 Å². The summed E-state index contributed by atoms with van der Waals surface area (Å²) in [5.74, 6) is -0.158. The Labute approximate surface area is 108 Å². The lowest BCUT2D eigenvalue weighted by Gasteiger charge is -2.09. The molecule has 0 aromatic heterocycles. The van der Waals surface area contributed by atoms with Gasteiger partial charge in [-0.25, -0.2) is 4.39 Å². The van der Waals surface area contributed by atoms with Crippen LogP contribution in [0, 0.1) is 5.82 Å². The highest BCUT2D eigenvalue weighted by Crippen LogP contribution is 2.22. The second-order valence-electron chi connectivity index (χ2n) is 3.66. The first-order valence-corrected chi connectivity index (χ1v) is 6.92. The summed E-state index contributed by atoms with van der Waals surface area (Å²) in [5.41, 5.74) is 1.05. The normalized spacial score (nSPS) is 12.8. The summed E-state index contributed by atoms with van der Waals surface area (Å²) in [6.45, 7) is 2.17.